The van der Waals surface area contributed by atoms with E-state index >= 15 is 0 Å². The van der Waals surface area contributed by atoms with Crippen LogP contribution in [0.4, 0.5) is 4.39 Å². The van der Waals surface area contributed by atoms with E-state index in [0.717, 1.165) is 12.8 Å². The number of amides is 1. The third kappa shape index (κ3) is 4.49. The van der Waals surface area contributed by atoms with Crippen molar-refractivity contribution in [3.63, 3.8) is 0 Å². The minimum atomic E-state index is -0.398. The Balaban J connectivity index is 1.77. The van der Waals surface area contributed by atoms with Crippen LogP contribution in [0.3, 0.4) is 0 Å². The van der Waals surface area contributed by atoms with E-state index in [1.165, 1.54) is 25.3 Å². The zero-order valence-corrected chi connectivity index (χ0v) is 12.2. The number of halogens is 2. The number of hydrogen-bond acceptors (Lipinski definition) is 2. The molecule has 0 spiro atoms. The summed E-state index contributed by atoms with van der Waals surface area (Å²) in [6.07, 6.45) is 5.67. The van der Waals surface area contributed by atoms with Crippen molar-refractivity contribution in [1.29, 1.82) is 0 Å². The predicted molar refractivity (Wildman–Crippen MR) is 74.6 cm³/mol. The Morgan fingerprint density at radius 2 is 2.11 bits per heavy atom. The molecule has 0 heterocycles. The summed E-state index contributed by atoms with van der Waals surface area (Å²) in [4.78, 5) is 11.7. The fraction of sp³-hybridized carbons (Fsp3) is 0.500. The summed E-state index contributed by atoms with van der Waals surface area (Å²) in [5, 5.41) is 2.95. The Morgan fingerprint density at radius 1 is 1.37 bits per heavy atom. The van der Waals surface area contributed by atoms with Crippen LogP contribution in [0.5, 0.6) is 5.75 Å². The molecule has 0 aromatic heterocycles. The molecule has 19 heavy (non-hydrogen) atoms. The molecule has 1 fully saturated rings. The molecular formula is C14H17BrFNO2. The molecule has 0 radical (unpaired) electrons. The lowest BCUT2D eigenvalue weighted by molar-refractivity contribution is -0.124. The maximum Gasteiger partial charge on any atom is 0.258 e. The summed E-state index contributed by atoms with van der Waals surface area (Å²) in [6.45, 7) is -0.0719. The van der Waals surface area contributed by atoms with E-state index < -0.39 is 5.82 Å². The Kier molecular flexibility index (Phi) is 5.19. The van der Waals surface area contributed by atoms with Crippen LogP contribution in [0, 0.1) is 5.82 Å². The second-order valence-corrected chi connectivity index (χ2v) is 5.62. The monoisotopic (exact) mass is 329 g/mol. The highest BCUT2D eigenvalue weighted by Crippen LogP contribution is 2.21. The summed E-state index contributed by atoms with van der Waals surface area (Å²) in [6, 6.07) is 4.72. The predicted octanol–water partition coefficient (Wildman–Crippen LogP) is 3.42. The fourth-order valence-corrected chi connectivity index (χ4v) is 2.48. The molecule has 1 saturated carbocycles. The van der Waals surface area contributed by atoms with Gasteiger partial charge in [-0.3, -0.25) is 4.79 Å². The van der Waals surface area contributed by atoms with E-state index in [9.17, 15) is 9.18 Å². The van der Waals surface area contributed by atoms with Crippen molar-refractivity contribution in [1.82, 2.24) is 5.32 Å². The number of benzene rings is 1. The molecule has 104 valence electrons. The van der Waals surface area contributed by atoms with Crippen molar-refractivity contribution in [3.05, 3.63) is 28.5 Å². The van der Waals surface area contributed by atoms with Gasteiger partial charge >= 0.3 is 0 Å². The summed E-state index contributed by atoms with van der Waals surface area (Å²) < 4.78 is 18.9. The molecule has 3 nitrogen and oxygen atoms in total. The Bertz CT molecular complexity index is 447. The highest BCUT2D eigenvalue weighted by Gasteiger charge is 2.15. The Labute approximate surface area is 120 Å². The van der Waals surface area contributed by atoms with E-state index in [-0.39, 0.29) is 18.6 Å². The van der Waals surface area contributed by atoms with Crippen LogP contribution in [-0.4, -0.2) is 18.6 Å². The first-order valence-corrected chi connectivity index (χ1v) is 7.31. The van der Waals surface area contributed by atoms with Crippen molar-refractivity contribution in [3.8, 4) is 5.75 Å². The van der Waals surface area contributed by atoms with Gasteiger partial charge in [-0.05, 0) is 40.9 Å². The van der Waals surface area contributed by atoms with Crippen LogP contribution in [0.1, 0.15) is 32.1 Å². The van der Waals surface area contributed by atoms with Crippen LogP contribution in [-0.2, 0) is 4.79 Å². The van der Waals surface area contributed by atoms with Crippen LogP contribution in [0.15, 0.2) is 22.7 Å². The van der Waals surface area contributed by atoms with Crippen molar-refractivity contribution < 1.29 is 13.9 Å². The Morgan fingerprint density at radius 3 is 2.79 bits per heavy atom. The summed E-state index contributed by atoms with van der Waals surface area (Å²) >= 11 is 3.07. The third-order valence-electron chi connectivity index (χ3n) is 3.23. The molecule has 0 atom stereocenters. The summed E-state index contributed by atoms with van der Waals surface area (Å²) in [5.41, 5.74) is 0. The highest BCUT2D eigenvalue weighted by molar-refractivity contribution is 9.10. The first-order chi connectivity index (χ1) is 9.15. The van der Waals surface area contributed by atoms with Crippen LogP contribution in [0.25, 0.3) is 0 Å². The van der Waals surface area contributed by atoms with Gasteiger partial charge in [0.2, 0.25) is 0 Å². The zero-order valence-electron chi connectivity index (χ0n) is 10.6. The van der Waals surface area contributed by atoms with E-state index in [0.29, 0.717) is 10.2 Å². The molecule has 1 aromatic rings. The molecule has 1 N–H and O–H groups in total. The van der Waals surface area contributed by atoms with Crippen molar-refractivity contribution in [2.45, 2.75) is 38.1 Å². The van der Waals surface area contributed by atoms with Crippen molar-refractivity contribution >= 4 is 21.8 Å². The standard InChI is InChI=1S/C14H17BrFNO2/c15-12-7-6-11(8-13(12)16)19-9-14(18)17-10-4-2-1-3-5-10/h6-8,10H,1-5,9H2,(H,17,18). The van der Waals surface area contributed by atoms with Crippen LogP contribution < -0.4 is 10.1 Å². The molecule has 1 aromatic carbocycles. The molecule has 2 rings (SSSR count). The van der Waals surface area contributed by atoms with Crippen molar-refractivity contribution in [2.24, 2.45) is 0 Å². The molecule has 1 aliphatic carbocycles. The molecule has 0 unspecified atom stereocenters. The molecule has 1 aliphatic rings. The van der Waals surface area contributed by atoms with Gasteiger partial charge in [-0.15, -0.1) is 0 Å². The molecular weight excluding hydrogens is 313 g/mol. The van der Waals surface area contributed by atoms with Gasteiger partial charge in [0.15, 0.2) is 6.61 Å². The van der Waals surface area contributed by atoms with Gasteiger partial charge in [0.05, 0.1) is 4.47 Å². The van der Waals surface area contributed by atoms with E-state index in [1.54, 1.807) is 12.1 Å². The number of hydrogen-bond donors (Lipinski definition) is 1. The van der Waals surface area contributed by atoms with E-state index in [2.05, 4.69) is 21.2 Å². The number of ether oxygens (including phenoxy) is 1. The lowest BCUT2D eigenvalue weighted by Crippen LogP contribution is -2.38. The fourth-order valence-electron chi connectivity index (χ4n) is 2.23. The second-order valence-electron chi connectivity index (χ2n) is 4.77. The van der Waals surface area contributed by atoms with E-state index in [1.807, 2.05) is 0 Å². The normalized spacial score (nSPS) is 16.1. The first kappa shape index (κ1) is 14.3. The quantitative estimate of drug-likeness (QED) is 0.919. The Hall–Kier alpha value is -1.10. The molecule has 5 heteroatoms. The lowest BCUT2D eigenvalue weighted by atomic mass is 9.95. The van der Waals surface area contributed by atoms with Gasteiger partial charge < -0.3 is 10.1 Å². The number of carbonyl (C=O) groups excluding carboxylic acids is 1. The van der Waals surface area contributed by atoms with Gasteiger partial charge in [-0.25, -0.2) is 4.39 Å². The summed E-state index contributed by atoms with van der Waals surface area (Å²) in [7, 11) is 0. The highest BCUT2D eigenvalue weighted by atomic mass is 79.9. The number of rotatable bonds is 4. The smallest absolute Gasteiger partial charge is 0.258 e. The largest absolute Gasteiger partial charge is 0.484 e. The number of nitrogens with one attached hydrogen (secondary N) is 1. The third-order valence-corrected chi connectivity index (χ3v) is 3.87. The topological polar surface area (TPSA) is 38.3 Å². The average Bonchev–Trinajstić information content (AvgIpc) is 2.41. The molecule has 0 bridgehead atoms. The minimum Gasteiger partial charge on any atom is -0.484 e. The molecule has 0 aliphatic heterocycles. The zero-order chi connectivity index (χ0) is 13.7. The minimum absolute atomic E-state index is 0.0719. The van der Waals surface area contributed by atoms with Gasteiger partial charge in [0.25, 0.3) is 5.91 Å². The maximum atomic E-state index is 13.2. The maximum absolute atomic E-state index is 13.2. The van der Waals surface area contributed by atoms with Crippen LogP contribution >= 0.6 is 15.9 Å². The molecule has 1 amide bonds. The van der Waals surface area contributed by atoms with Gasteiger partial charge in [-0.2, -0.15) is 0 Å². The lowest BCUT2D eigenvalue weighted by Gasteiger charge is -2.22. The number of carbonyl (C=O) groups is 1. The second kappa shape index (κ2) is 6.89. The van der Waals surface area contributed by atoms with Gasteiger partial charge in [0, 0.05) is 12.1 Å². The first-order valence-electron chi connectivity index (χ1n) is 6.52. The van der Waals surface area contributed by atoms with Crippen LogP contribution in [0.2, 0.25) is 0 Å². The van der Waals surface area contributed by atoms with Gasteiger partial charge in [0.1, 0.15) is 11.6 Å². The van der Waals surface area contributed by atoms with Gasteiger partial charge in [-0.1, -0.05) is 19.3 Å². The summed E-state index contributed by atoms with van der Waals surface area (Å²) in [5.74, 6) is -0.181. The van der Waals surface area contributed by atoms with E-state index in [4.69, 9.17) is 4.74 Å². The van der Waals surface area contributed by atoms with Crippen molar-refractivity contribution in [2.75, 3.05) is 6.61 Å². The SMILES string of the molecule is O=C(COc1ccc(Br)c(F)c1)NC1CCCCC1. The molecule has 0 saturated heterocycles. The average molecular weight is 330 g/mol.